The zero-order valence-corrected chi connectivity index (χ0v) is 18.1. The second-order valence-electron chi connectivity index (χ2n) is 6.48. The first-order valence-corrected chi connectivity index (χ1v) is 11.6. The predicted molar refractivity (Wildman–Crippen MR) is 107 cm³/mol. The molecule has 1 fully saturated rings. The number of nitrogens with two attached hydrogens (primary N) is 1. The molecule has 3 N–H and O–H groups in total. The number of rotatable bonds is 7. The highest BCUT2D eigenvalue weighted by atomic mass is 79.9. The first-order valence-electron chi connectivity index (χ1n) is 8.24. The van der Waals surface area contributed by atoms with Crippen molar-refractivity contribution < 1.29 is 27.1 Å². The molecule has 1 aromatic heterocycles. The summed E-state index contributed by atoms with van der Waals surface area (Å²) in [4.78, 5) is 17.6. The maximum absolute atomic E-state index is 13.6. The van der Waals surface area contributed by atoms with Gasteiger partial charge in [-0.2, -0.15) is 13.1 Å². The van der Waals surface area contributed by atoms with Gasteiger partial charge in [0, 0.05) is 11.3 Å². The Hall–Kier alpha value is -2.29. The molecular weight excluding hydrogens is 507 g/mol. The number of amidine groups is 1. The van der Waals surface area contributed by atoms with E-state index >= 15 is 0 Å². The fraction of sp³-hybridized carbons (Fsp3) is 0.267. The number of nitrogens with zero attached hydrogens (tertiary/aromatic N) is 4. The Morgan fingerprint density at radius 2 is 2.17 bits per heavy atom. The van der Waals surface area contributed by atoms with E-state index in [9.17, 15) is 17.6 Å². The van der Waals surface area contributed by atoms with E-state index in [0.717, 1.165) is 0 Å². The summed E-state index contributed by atoms with van der Waals surface area (Å²) in [5, 5.41) is 16.9. The molecule has 0 amide bonds. The highest BCUT2D eigenvalue weighted by Gasteiger charge is 2.46. The predicted octanol–water partition coefficient (Wildman–Crippen LogP) is 1.26. The van der Waals surface area contributed by atoms with Crippen molar-refractivity contribution in [2.45, 2.75) is 23.4 Å². The minimum absolute atomic E-state index is 0.0693. The Bertz CT molecular complexity index is 1190. The average molecular weight is 519 g/mol. The summed E-state index contributed by atoms with van der Waals surface area (Å²) in [5.74, 6) is 1.23. The van der Waals surface area contributed by atoms with E-state index in [0.29, 0.717) is 24.3 Å². The second-order valence-corrected chi connectivity index (χ2v) is 9.59. The number of carbonyl (C=O) groups excluding carboxylic acids is 1. The molecule has 0 radical (unpaired) electrons. The normalized spacial score (nSPS) is 17.5. The zero-order valence-electron chi connectivity index (χ0n) is 14.8. The highest BCUT2D eigenvalue weighted by molar-refractivity contribution is 9.10. The van der Waals surface area contributed by atoms with Crippen molar-refractivity contribution in [3.8, 4) is 0 Å². The van der Waals surface area contributed by atoms with E-state index in [-0.39, 0.29) is 26.9 Å². The molecule has 1 aliphatic heterocycles. The minimum atomic E-state index is -3.86. The molecule has 0 spiro atoms. The van der Waals surface area contributed by atoms with E-state index in [1.165, 1.54) is 34.9 Å². The van der Waals surface area contributed by atoms with Crippen molar-refractivity contribution in [3.63, 3.8) is 0 Å². The third-order valence-corrected chi connectivity index (χ3v) is 6.81. The number of thioether (sulfide) groups is 1. The van der Waals surface area contributed by atoms with Crippen LogP contribution in [-0.4, -0.2) is 41.8 Å². The summed E-state index contributed by atoms with van der Waals surface area (Å²) >= 11 is 4.26. The van der Waals surface area contributed by atoms with Gasteiger partial charge in [-0.3, -0.25) is 0 Å². The molecule has 4 rings (SSSR count). The smallest absolute Gasteiger partial charge is 0.320 e. The van der Waals surface area contributed by atoms with E-state index in [1.807, 2.05) is 0 Å². The molecule has 0 saturated heterocycles. The minimum Gasteiger partial charge on any atom is -0.323 e. The monoisotopic (exact) mass is 518 g/mol. The topological polar surface area (TPSA) is 153 Å². The average Bonchev–Trinajstić information content (AvgIpc) is 3.10. The molecule has 1 aromatic carbocycles. The Balaban J connectivity index is 1.60. The van der Waals surface area contributed by atoms with Crippen LogP contribution < -0.4 is 14.8 Å². The van der Waals surface area contributed by atoms with Crippen LogP contribution in [0, 0.1) is 5.82 Å². The van der Waals surface area contributed by atoms with Gasteiger partial charge in [0.05, 0.1) is 10.2 Å². The number of hydrogen-bond acceptors (Lipinski definition) is 10. The van der Waals surface area contributed by atoms with Gasteiger partial charge in [0.25, 0.3) is 10.2 Å². The lowest BCUT2D eigenvalue weighted by molar-refractivity contribution is 0.248. The maximum atomic E-state index is 13.6. The Morgan fingerprint density at radius 3 is 2.80 bits per heavy atom. The fourth-order valence-corrected chi connectivity index (χ4v) is 5.15. The number of halogens is 2. The second kappa shape index (κ2) is 7.76. The lowest BCUT2D eigenvalue weighted by Gasteiger charge is -2.17. The summed E-state index contributed by atoms with van der Waals surface area (Å²) < 4.78 is 43.7. The molecule has 15 heteroatoms. The molecule has 2 aliphatic rings. The van der Waals surface area contributed by atoms with E-state index in [2.05, 4.69) is 36.1 Å². The molecule has 2 aromatic rings. The van der Waals surface area contributed by atoms with Crippen molar-refractivity contribution in [2.24, 2.45) is 10.3 Å². The molecule has 2 heterocycles. The first-order chi connectivity index (χ1) is 14.2. The van der Waals surface area contributed by atoms with Crippen LogP contribution >= 0.6 is 27.7 Å². The largest absolute Gasteiger partial charge is 0.323 e. The lowest BCUT2D eigenvalue weighted by atomic mass is 10.2. The van der Waals surface area contributed by atoms with Crippen LogP contribution in [-0.2, 0) is 19.8 Å². The van der Waals surface area contributed by atoms with Crippen LogP contribution in [0.3, 0.4) is 0 Å². The molecule has 30 heavy (non-hydrogen) atoms. The number of hydrogen-bond donors (Lipinski definition) is 2. The SMILES string of the molecule is NS(=O)(=O)NC1(CSc2nonc2C2=NOC(=C=O)N2c2ccc(F)c(Br)c2)CC1. The number of aromatic nitrogens is 2. The standard InChI is InChI=1S/C15H12BrFN6O5S2/c16-9-5-8(1-2-10(9)17)23-11(6-24)27-20-13(23)12-14(21-28-19-12)29-7-15(3-4-15)22-30(18,25)26/h1-2,5,22H,3-4,7H2,(H2,18,25,26). The van der Waals surface area contributed by atoms with Gasteiger partial charge in [0.15, 0.2) is 16.7 Å². The third kappa shape index (κ3) is 4.26. The van der Waals surface area contributed by atoms with Gasteiger partial charge < -0.3 is 4.84 Å². The summed E-state index contributed by atoms with van der Waals surface area (Å²) in [6, 6.07) is 4.04. The van der Waals surface area contributed by atoms with E-state index in [4.69, 9.17) is 14.6 Å². The first kappa shape index (κ1) is 21.0. The van der Waals surface area contributed by atoms with Crippen LogP contribution in [0.1, 0.15) is 18.5 Å². The summed E-state index contributed by atoms with van der Waals surface area (Å²) in [5.41, 5.74) is -0.166. The molecule has 1 aliphatic carbocycles. The zero-order chi connectivity index (χ0) is 21.5. The Morgan fingerprint density at radius 1 is 1.40 bits per heavy atom. The van der Waals surface area contributed by atoms with Gasteiger partial charge in [0.2, 0.25) is 5.84 Å². The van der Waals surface area contributed by atoms with Gasteiger partial charge >= 0.3 is 5.88 Å². The van der Waals surface area contributed by atoms with E-state index in [1.54, 1.807) is 5.94 Å². The summed E-state index contributed by atoms with van der Waals surface area (Å²) in [6.45, 7) is 0. The van der Waals surface area contributed by atoms with Crippen molar-refractivity contribution in [3.05, 3.63) is 40.1 Å². The number of nitrogens with one attached hydrogen (secondary N) is 1. The van der Waals surface area contributed by atoms with Crippen molar-refractivity contribution in [1.29, 1.82) is 0 Å². The Kier molecular flexibility index (Phi) is 5.42. The molecule has 11 nitrogen and oxygen atoms in total. The van der Waals surface area contributed by atoms with Gasteiger partial charge in [-0.05, 0) is 57.3 Å². The number of benzene rings is 1. The van der Waals surface area contributed by atoms with E-state index < -0.39 is 21.6 Å². The maximum Gasteiger partial charge on any atom is 0.320 e. The highest BCUT2D eigenvalue weighted by Crippen LogP contribution is 2.41. The van der Waals surface area contributed by atoms with Gasteiger partial charge in [0.1, 0.15) is 5.82 Å². The molecule has 0 bridgehead atoms. The molecule has 1 saturated carbocycles. The lowest BCUT2D eigenvalue weighted by Crippen LogP contribution is -2.42. The van der Waals surface area contributed by atoms with Gasteiger partial charge in [-0.25, -0.2) is 23.9 Å². The van der Waals surface area contributed by atoms with Gasteiger partial charge in [-0.15, -0.1) is 0 Å². The van der Waals surface area contributed by atoms with Gasteiger partial charge in [-0.1, -0.05) is 16.9 Å². The molecule has 158 valence electrons. The number of oxime groups is 1. The van der Waals surface area contributed by atoms with Crippen LogP contribution in [0.2, 0.25) is 0 Å². The van der Waals surface area contributed by atoms with Crippen molar-refractivity contribution in [2.75, 3.05) is 10.7 Å². The van der Waals surface area contributed by atoms with Crippen LogP contribution in [0.25, 0.3) is 0 Å². The fourth-order valence-electron chi connectivity index (χ4n) is 2.69. The molecular formula is C15H12BrFN6O5S2. The number of anilines is 1. The van der Waals surface area contributed by atoms with Crippen molar-refractivity contribution in [1.82, 2.24) is 15.0 Å². The van der Waals surface area contributed by atoms with Crippen molar-refractivity contribution >= 4 is 55.4 Å². The quantitative estimate of drug-likeness (QED) is 0.407. The van der Waals surface area contributed by atoms with Crippen LogP contribution in [0.4, 0.5) is 10.1 Å². The molecule has 0 atom stereocenters. The summed E-state index contributed by atoms with van der Waals surface area (Å²) in [7, 11) is -3.86. The third-order valence-electron chi connectivity index (χ3n) is 4.25. The van der Waals surface area contributed by atoms with Crippen LogP contribution in [0.15, 0.2) is 43.4 Å². The summed E-state index contributed by atoms with van der Waals surface area (Å²) in [6.07, 6.45) is 1.24. The van der Waals surface area contributed by atoms with Crippen LogP contribution in [0.5, 0.6) is 0 Å². The Labute approximate surface area is 181 Å². The molecule has 0 unspecified atom stereocenters.